The number of nitrogens with two attached hydrogens (primary N) is 1. The molecule has 1 heterocycles. The van der Waals surface area contributed by atoms with E-state index in [1.165, 1.54) is 0 Å². The third kappa shape index (κ3) is 3.53. The van der Waals surface area contributed by atoms with Crippen LogP contribution in [-0.2, 0) is 0 Å². The first-order valence-corrected chi connectivity index (χ1v) is 5.40. The fraction of sp³-hybridized carbons (Fsp3) is 0.0909. The van der Waals surface area contributed by atoms with E-state index in [1.54, 1.807) is 31.3 Å². The van der Waals surface area contributed by atoms with Crippen molar-refractivity contribution in [3.8, 4) is 5.75 Å². The molecule has 0 aliphatic rings. The summed E-state index contributed by atoms with van der Waals surface area (Å²) in [5, 5.41) is 5.06. The second-order valence-electron chi connectivity index (χ2n) is 3.42. The number of rotatable bonds is 3. The molecule has 2 rings (SSSR count). The van der Waals surface area contributed by atoms with Gasteiger partial charge in [0.25, 0.3) is 0 Å². The van der Waals surface area contributed by atoms with E-state index in [9.17, 15) is 4.79 Å². The summed E-state index contributed by atoms with van der Waals surface area (Å²) in [7, 11) is 1.63. The molecule has 0 aliphatic carbocycles. The molecule has 0 atom stereocenters. The van der Waals surface area contributed by atoms with Crippen LogP contribution in [-0.4, -0.2) is 28.1 Å². The summed E-state index contributed by atoms with van der Waals surface area (Å²) < 4.78 is 5.02. The Kier molecular flexibility index (Phi) is 3.72. The number of nitrogens with zero attached hydrogens (tertiary/aromatic N) is 3. The Morgan fingerprint density at radius 3 is 2.53 bits per heavy atom. The largest absolute Gasteiger partial charge is 0.419 e. The first-order valence-electron chi connectivity index (χ1n) is 5.40. The lowest BCUT2D eigenvalue weighted by Gasteiger charge is -2.06. The fourth-order valence-electron chi connectivity index (χ4n) is 1.27. The van der Waals surface area contributed by atoms with Crippen LogP contribution in [0.5, 0.6) is 5.75 Å². The van der Waals surface area contributed by atoms with Gasteiger partial charge < -0.3 is 15.8 Å². The fourth-order valence-corrected chi connectivity index (χ4v) is 1.27. The highest BCUT2D eigenvalue weighted by Gasteiger charge is 2.09. The lowest BCUT2D eigenvalue weighted by molar-refractivity contribution is 0.215. The Hall–Kier alpha value is -2.90. The van der Waals surface area contributed by atoms with Gasteiger partial charge in [-0.1, -0.05) is 18.2 Å². The Morgan fingerprint density at radius 1 is 1.16 bits per heavy atom. The average molecular weight is 260 g/mol. The van der Waals surface area contributed by atoms with Crippen molar-refractivity contribution in [3.63, 3.8) is 0 Å². The third-order valence-electron chi connectivity index (χ3n) is 2.04. The zero-order valence-corrected chi connectivity index (χ0v) is 10.1. The maximum atomic E-state index is 11.6. The first-order chi connectivity index (χ1) is 9.17. The molecular formula is C11H12N6O2. The molecule has 0 fully saturated rings. The molecule has 98 valence electrons. The average Bonchev–Trinajstić information content (AvgIpc) is 2.38. The molecule has 0 saturated heterocycles. The van der Waals surface area contributed by atoms with Gasteiger partial charge in [-0.15, -0.1) is 0 Å². The van der Waals surface area contributed by atoms with Crippen LogP contribution < -0.4 is 21.1 Å². The molecule has 4 N–H and O–H groups in total. The minimum absolute atomic E-state index is 0.00522. The second-order valence-corrected chi connectivity index (χ2v) is 3.42. The van der Waals surface area contributed by atoms with Crippen molar-refractivity contribution in [1.82, 2.24) is 15.0 Å². The second kappa shape index (κ2) is 5.63. The SMILES string of the molecule is CNc1nc(N)nc(NC(=O)Oc2ccccc2)n1. The van der Waals surface area contributed by atoms with Gasteiger partial charge in [0.2, 0.25) is 17.8 Å². The van der Waals surface area contributed by atoms with E-state index >= 15 is 0 Å². The van der Waals surface area contributed by atoms with Crippen LogP contribution >= 0.6 is 0 Å². The summed E-state index contributed by atoms with van der Waals surface area (Å²) in [4.78, 5) is 23.1. The normalized spacial score (nSPS) is 9.74. The Bertz CT molecular complexity index is 575. The van der Waals surface area contributed by atoms with Crippen molar-refractivity contribution in [2.24, 2.45) is 0 Å². The number of anilines is 3. The van der Waals surface area contributed by atoms with Gasteiger partial charge in [0, 0.05) is 7.05 Å². The molecule has 0 unspecified atom stereocenters. The molecule has 2 aromatic rings. The monoisotopic (exact) mass is 260 g/mol. The standard InChI is InChI=1S/C11H12N6O2/c1-13-9-14-8(12)15-10(16-9)17-11(18)19-7-5-3-2-4-6-7/h2-6H,1H3,(H4,12,13,14,15,16,17,18). The van der Waals surface area contributed by atoms with Crippen LogP contribution in [0.4, 0.5) is 22.6 Å². The van der Waals surface area contributed by atoms with Gasteiger partial charge in [0.1, 0.15) is 5.75 Å². The van der Waals surface area contributed by atoms with Gasteiger partial charge in [-0.2, -0.15) is 15.0 Å². The van der Waals surface area contributed by atoms with Crippen LogP contribution in [0, 0.1) is 0 Å². The van der Waals surface area contributed by atoms with E-state index in [4.69, 9.17) is 10.5 Å². The van der Waals surface area contributed by atoms with E-state index < -0.39 is 6.09 Å². The van der Waals surface area contributed by atoms with Crippen molar-refractivity contribution in [2.75, 3.05) is 23.4 Å². The molecule has 0 radical (unpaired) electrons. The number of hydrogen-bond donors (Lipinski definition) is 3. The van der Waals surface area contributed by atoms with Crippen molar-refractivity contribution in [2.45, 2.75) is 0 Å². The molecule has 19 heavy (non-hydrogen) atoms. The highest BCUT2D eigenvalue weighted by atomic mass is 16.6. The van der Waals surface area contributed by atoms with Gasteiger partial charge in [-0.25, -0.2) is 4.79 Å². The quantitative estimate of drug-likeness (QED) is 0.756. The van der Waals surface area contributed by atoms with Crippen LogP contribution in [0.15, 0.2) is 30.3 Å². The van der Waals surface area contributed by atoms with E-state index in [0.717, 1.165) is 0 Å². The lowest BCUT2D eigenvalue weighted by atomic mass is 10.3. The molecule has 1 aromatic carbocycles. The summed E-state index contributed by atoms with van der Waals surface area (Å²) in [6, 6.07) is 8.63. The maximum absolute atomic E-state index is 11.6. The van der Waals surface area contributed by atoms with Gasteiger partial charge in [0.05, 0.1) is 0 Å². The van der Waals surface area contributed by atoms with E-state index in [2.05, 4.69) is 25.6 Å². The van der Waals surface area contributed by atoms with E-state index in [1.807, 2.05) is 6.07 Å². The molecule has 8 nitrogen and oxygen atoms in total. The Balaban J connectivity index is 2.05. The zero-order valence-electron chi connectivity index (χ0n) is 10.1. The van der Waals surface area contributed by atoms with E-state index in [0.29, 0.717) is 5.75 Å². The number of carbonyl (C=O) groups excluding carboxylic acids is 1. The highest BCUT2D eigenvalue weighted by molar-refractivity contribution is 5.84. The summed E-state index contributed by atoms with van der Waals surface area (Å²) in [5.41, 5.74) is 5.47. The molecule has 0 spiro atoms. The first kappa shape index (κ1) is 12.6. The van der Waals surface area contributed by atoms with Gasteiger partial charge in [-0.3, -0.25) is 5.32 Å². The van der Waals surface area contributed by atoms with Gasteiger partial charge in [0.15, 0.2) is 0 Å². The number of nitrogen functional groups attached to an aromatic ring is 1. The lowest BCUT2D eigenvalue weighted by Crippen LogP contribution is -2.19. The number of para-hydroxylation sites is 1. The third-order valence-corrected chi connectivity index (χ3v) is 2.04. The number of ether oxygens (including phenoxy) is 1. The van der Waals surface area contributed by atoms with Crippen molar-refractivity contribution in [3.05, 3.63) is 30.3 Å². The topological polar surface area (TPSA) is 115 Å². The highest BCUT2D eigenvalue weighted by Crippen LogP contribution is 2.10. The molecule has 8 heteroatoms. The summed E-state index contributed by atoms with van der Waals surface area (Å²) in [5.74, 6) is 0.672. The predicted octanol–water partition coefficient (Wildman–Crippen LogP) is 1.11. The smallest absolute Gasteiger partial charge is 0.410 e. The number of amides is 1. The molecule has 1 amide bonds. The zero-order chi connectivity index (χ0) is 13.7. The minimum atomic E-state index is -0.709. The predicted molar refractivity (Wildman–Crippen MR) is 69.9 cm³/mol. The van der Waals surface area contributed by atoms with E-state index in [-0.39, 0.29) is 17.8 Å². The van der Waals surface area contributed by atoms with Crippen LogP contribution in [0.25, 0.3) is 0 Å². The minimum Gasteiger partial charge on any atom is -0.410 e. The summed E-state index contributed by atoms with van der Waals surface area (Å²) in [6.45, 7) is 0. The Morgan fingerprint density at radius 2 is 1.84 bits per heavy atom. The van der Waals surface area contributed by atoms with Crippen molar-refractivity contribution in [1.29, 1.82) is 0 Å². The molecule has 1 aromatic heterocycles. The van der Waals surface area contributed by atoms with Crippen LogP contribution in [0.1, 0.15) is 0 Å². The number of carbonyl (C=O) groups is 1. The van der Waals surface area contributed by atoms with Crippen molar-refractivity contribution >= 4 is 23.9 Å². The van der Waals surface area contributed by atoms with Gasteiger partial charge >= 0.3 is 6.09 Å². The van der Waals surface area contributed by atoms with Crippen molar-refractivity contribution < 1.29 is 9.53 Å². The molecule has 0 aliphatic heterocycles. The van der Waals surface area contributed by atoms with Gasteiger partial charge in [-0.05, 0) is 12.1 Å². The van der Waals surface area contributed by atoms with Crippen LogP contribution in [0.2, 0.25) is 0 Å². The summed E-state index contributed by atoms with van der Waals surface area (Å²) in [6.07, 6.45) is -0.709. The number of benzene rings is 1. The number of hydrogen-bond acceptors (Lipinski definition) is 7. The molecular weight excluding hydrogens is 248 g/mol. The van der Waals surface area contributed by atoms with Crippen LogP contribution in [0.3, 0.4) is 0 Å². The number of nitrogens with one attached hydrogen (secondary N) is 2. The maximum Gasteiger partial charge on any atom is 0.419 e. The summed E-state index contributed by atoms with van der Waals surface area (Å²) >= 11 is 0. The molecule has 0 bridgehead atoms. The number of aromatic nitrogens is 3. The molecule has 0 saturated carbocycles. The Labute approximate surface area is 109 Å².